The van der Waals surface area contributed by atoms with E-state index in [9.17, 15) is 4.79 Å². The predicted octanol–water partition coefficient (Wildman–Crippen LogP) is 1.47. The lowest BCUT2D eigenvalue weighted by molar-refractivity contribution is 0.0593. The van der Waals surface area contributed by atoms with E-state index in [1.165, 1.54) is 19.5 Å². The summed E-state index contributed by atoms with van der Waals surface area (Å²) in [6, 6.07) is 0. The van der Waals surface area contributed by atoms with Crippen molar-refractivity contribution in [2.24, 2.45) is 0 Å². The Kier molecular flexibility index (Phi) is 3.24. The van der Waals surface area contributed by atoms with Crippen molar-refractivity contribution in [3.8, 4) is 0 Å². The molecule has 1 N–H and O–H groups in total. The Labute approximate surface area is 88.9 Å². The SMILES string of the molecule is COC(=O)c1cnc(NC(C)(C)C)cn1. The zero-order valence-electron chi connectivity index (χ0n) is 9.37. The molecule has 0 bridgehead atoms. The molecule has 0 amide bonds. The lowest BCUT2D eigenvalue weighted by atomic mass is 10.1. The molecule has 0 aliphatic carbocycles. The topological polar surface area (TPSA) is 64.1 Å². The Bertz CT molecular complexity index is 341. The minimum absolute atomic E-state index is 0.0819. The molecule has 0 saturated heterocycles. The molecule has 1 rings (SSSR count). The number of methoxy groups -OCH3 is 1. The third-order valence-corrected chi connectivity index (χ3v) is 1.55. The Balaban J connectivity index is 2.77. The van der Waals surface area contributed by atoms with Crippen molar-refractivity contribution >= 4 is 11.8 Å². The van der Waals surface area contributed by atoms with E-state index >= 15 is 0 Å². The minimum atomic E-state index is -0.482. The molecule has 0 aliphatic heterocycles. The molecule has 0 fully saturated rings. The van der Waals surface area contributed by atoms with Crippen LogP contribution >= 0.6 is 0 Å². The fourth-order valence-electron chi connectivity index (χ4n) is 0.987. The zero-order valence-corrected chi connectivity index (χ0v) is 9.37. The first-order chi connectivity index (χ1) is 6.92. The van der Waals surface area contributed by atoms with Crippen LogP contribution in [0.5, 0.6) is 0 Å². The summed E-state index contributed by atoms with van der Waals surface area (Å²) in [5.41, 5.74) is 0.124. The Hall–Kier alpha value is -1.65. The highest BCUT2D eigenvalue weighted by atomic mass is 16.5. The summed E-state index contributed by atoms with van der Waals surface area (Å²) in [4.78, 5) is 19.1. The van der Waals surface area contributed by atoms with Gasteiger partial charge in [-0.1, -0.05) is 0 Å². The van der Waals surface area contributed by atoms with Crippen LogP contribution in [-0.4, -0.2) is 28.6 Å². The van der Waals surface area contributed by atoms with Gasteiger partial charge >= 0.3 is 5.97 Å². The van der Waals surface area contributed by atoms with Crippen LogP contribution in [0.15, 0.2) is 12.4 Å². The molecular formula is C10H15N3O2. The second-order valence-corrected chi connectivity index (χ2v) is 4.15. The summed E-state index contributed by atoms with van der Waals surface area (Å²) in [6.07, 6.45) is 2.90. The smallest absolute Gasteiger partial charge is 0.358 e. The van der Waals surface area contributed by atoms with E-state index in [1.807, 2.05) is 20.8 Å². The number of aromatic nitrogens is 2. The van der Waals surface area contributed by atoms with Gasteiger partial charge < -0.3 is 10.1 Å². The van der Waals surface area contributed by atoms with Crippen LogP contribution in [0.2, 0.25) is 0 Å². The number of rotatable bonds is 2. The molecule has 1 heterocycles. The van der Waals surface area contributed by atoms with Gasteiger partial charge in [-0.15, -0.1) is 0 Å². The van der Waals surface area contributed by atoms with Gasteiger partial charge in [0.15, 0.2) is 5.69 Å². The number of nitrogens with zero attached hydrogens (tertiary/aromatic N) is 2. The molecule has 1 aromatic rings. The molecule has 0 atom stereocenters. The van der Waals surface area contributed by atoms with Gasteiger partial charge in [-0.3, -0.25) is 0 Å². The average Bonchev–Trinajstić information content (AvgIpc) is 2.15. The van der Waals surface area contributed by atoms with Gasteiger partial charge in [0.05, 0.1) is 19.5 Å². The van der Waals surface area contributed by atoms with E-state index in [0.29, 0.717) is 5.82 Å². The van der Waals surface area contributed by atoms with Gasteiger partial charge in [-0.25, -0.2) is 14.8 Å². The van der Waals surface area contributed by atoms with Crippen LogP contribution in [0.3, 0.4) is 0 Å². The van der Waals surface area contributed by atoms with E-state index < -0.39 is 5.97 Å². The molecule has 0 saturated carbocycles. The van der Waals surface area contributed by atoms with E-state index in [0.717, 1.165) is 0 Å². The number of carbonyl (C=O) groups is 1. The van der Waals surface area contributed by atoms with Crippen LogP contribution in [0.1, 0.15) is 31.3 Å². The molecule has 5 nitrogen and oxygen atoms in total. The number of ether oxygens (including phenoxy) is 1. The van der Waals surface area contributed by atoms with Crippen molar-refractivity contribution in [2.75, 3.05) is 12.4 Å². The van der Waals surface area contributed by atoms with Gasteiger partial charge in [-0.05, 0) is 20.8 Å². The highest BCUT2D eigenvalue weighted by Crippen LogP contribution is 2.10. The normalized spacial score (nSPS) is 10.9. The van der Waals surface area contributed by atoms with E-state index in [4.69, 9.17) is 0 Å². The minimum Gasteiger partial charge on any atom is -0.464 e. The van der Waals surface area contributed by atoms with Gasteiger partial charge in [0.2, 0.25) is 0 Å². The molecule has 0 unspecified atom stereocenters. The van der Waals surface area contributed by atoms with Crippen LogP contribution in [0, 0.1) is 0 Å². The molecule has 82 valence electrons. The molecule has 0 aromatic carbocycles. The Morgan fingerprint density at radius 2 is 2.00 bits per heavy atom. The summed E-state index contributed by atoms with van der Waals surface area (Å²) in [6.45, 7) is 6.05. The second kappa shape index (κ2) is 4.25. The van der Waals surface area contributed by atoms with Crippen molar-refractivity contribution in [2.45, 2.75) is 26.3 Å². The lowest BCUT2D eigenvalue weighted by Gasteiger charge is -2.20. The molecule has 5 heteroatoms. The monoisotopic (exact) mass is 209 g/mol. The number of esters is 1. The van der Waals surface area contributed by atoms with Crippen molar-refractivity contribution in [3.05, 3.63) is 18.1 Å². The third-order valence-electron chi connectivity index (χ3n) is 1.55. The molecular weight excluding hydrogens is 194 g/mol. The third kappa shape index (κ3) is 3.53. The summed E-state index contributed by atoms with van der Waals surface area (Å²) in [5, 5.41) is 3.14. The Morgan fingerprint density at radius 1 is 1.33 bits per heavy atom. The maximum atomic E-state index is 11.1. The lowest BCUT2D eigenvalue weighted by Crippen LogP contribution is -2.26. The molecule has 0 spiro atoms. The number of carbonyl (C=O) groups excluding carboxylic acids is 1. The maximum absolute atomic E-state index is 11.1. The van der Waals surface area contributed by atoms with E-state index in [1.54, 1.807) is 0 Å². The van der Waals surface area contributed by atoms with Gasteiger partial charge in [0, 0.05) is 5.54 Å². The fourth-order valence-corrected chi connectivity index (χ4v) is 0.987. The van der Waals surface area contributed by atoms with Gasteiger partial charge in [0.1, 0.15) is 5.82 Å². The van der Waals surface area contributed by atoms with E-state index in [-0.39, 0.29) is 11.2 Å². The number of hydrogen-bond acceptors (Lipinski definition) is 5. The molecule has 0 radical (unpaired) electrons. The van der Waals surface area contributed by atoms with Gasteiger partial charge in [0.25, 0.3) is 0 Å². The van der Waals surface area contributed by atoms with Crippen molar-refractivity contribution < 1.29 is 9.53 Å². The quantitative estimate of drug-likeness (QED) is 0.747. The van der Waals surface area contributed by atoms with Crippen molar-refractivity contribution in [1.29, 1.82) is 0 Å². The summed E-state index contributed by atoms with van der Waals surface area (Å²) in [5.74, 6) is 0.153. The molecule has 0 aliphatic rings. The first-order valence-electron chi connectivity index (χ1n) is 4.61. The molecule has 1 aromatic heterocycles. The summed E-state index contributed by atoms with van der Waals surface area (Å²) >= 11 is 0. The largest absolute Gasteiger partial charge is 0.464 e. The van der Waals surface area contributed by atoms with Crippen LogP contribution in [0.25, 0.3) is 0 Å². The first kappa shape index (κ1) is 11.4. The number of anilines is 1. The zero-order chi connectivity index (χ0) is 11.5. The highest BCUT2D eigenvalue weighted by Gasteiger charge is 2.12. The van der Waals surface area contributed by atoms with Crippen LogP contribution < -0.4 is 5.32 Å². The van der Waals surface area contributed by atoms with E-state index in [2.05, 4.69) is 20.0 Å². The van der Waals surface area contributed by atoms with Crippen molar-refractivity contribution in [1.82, 2.24) is 9.97 Å². The summed E-state index contributed by atoms with van der Waals surface area (Å²) in [7, 11) is 1.31. The summed E-state index contributed by atoms with van der Waals surface area (Å²) < 4.78 is 4.52. The number of nitrogens with one attached hydrogen (secondary N) is 1. The average molecular weight is 209 g/mol. The highest BCUT2D eigenvalue weighted by molar-refractivity contribution is 5.86. The van der Waals surface area contributed by atoms with Crippen molar-refractivity contribution in [3.63, 3.8) is 0 Å². The fraction of sp³-hybridized carbons (Fsp3) is 0.500. The molecule has 15 heavy (non-hydrogen) atoms. The van der Waals surface area contributed by atoms with Crippen LogP contribution in [-0.2, 0) is 4.74 Å². The Morgan fingerprint density at radius 3 is 2.40 bits per heavy atom. The van der Waals surface area contributed by atoms with Crippen LogP contribution in [0.4, 0.5) is 5.82 Å². The predicted molar refractivity (Wildman–Crippen MR) is 56.7 cm³/mol. The second-order valence-electron chi connectivity index (χ2n) is 4.15. The standard InChI is InChI=1S/C10H15N3O2/c1-10(2,3)13-8-6-11-7(5-12-8)9(14)15-4/h5-6H,1-4H3,(H,12,13). The maximum Gasteiger partial charge on any atom is 0.358 e. The van der Waals surface area contributed by atoms with Gasteiger partial charge in [-0.2, -0.15) is 0 Å². The first-order valence-corrected chi connectivity index (χ1v) is 4.61. The number of hydrogen-bond donors (Lipinski definition) is 1.